The standard InChI is InChI=1S/C13H13N3O/c1-10-4-6-15-13(12(10)9-14)16-7-5-11-3-2-8-17-11/h2-4,6,8H,5,7H2,1H3,(H,15,16). The summed E-state index contributed by atoms with van der Waals surface area (Å²) in [5.74, 6) is 1.56. The number of furan rings is 1. The van der Waals surface area contributed by atoms with E-state index in [2.05, 4.69) is 16.4 Å². The van der Waals surface area contributed by atoms with Crippen molar-refractivity contribution in [3.05, 3.63) is 47.5 Å². The second kappa shape index (κ2) is 5.17. The Labute approximate surface area is 99.9 Å². The normalized spacial score (nSPS) is 9.88. The first-order valence-electron chi connectivity index (χ1n) is 5.43. The summed E-state index contributed by atoms with van der Waals surface area (Å²) >= 11 is 0. The third-order valence-electron chi connectivity index (χ3n) is 2.52. The molecule has 0 amide bonds. The molecule has 4 nitrogen and oxygen atoms in total. The molecule has 0 fully saturated rings. The fraction of sp³-hybridized carbons (Fsp3) is 0.231. The average molecular weight is 227 g/mol. The zero-order valence-corrected chi connectivity index (χ0v) is 9.60. The van der Waals surface area contributed by atoms with Crippen LogP contribution in [0.4, 0.5) is 5.82 Å². The monoisotopic (exact) mass is 227 g/mol. The second-order valence-corrected chi connectivity index (χ2v) is 3.72. The number of nitriles is 1. The van der Waals surface area contributed by atoms with Crippen LogP contribution in [0.2, 0.25) is 0 Å². The van der Waals surface area contributed by atoms with Crippen molar-refractivity contribution in [2.75, 3.05) is 11.9 Å². The van der Waals surface area contributed by atoms with E-state index in [1.807, 2.05) is 25.1 Å². The lowest BCUT2D eigenvalue weighted by molar-refractivity contribution is 0.513. The molecule has 0 aromatic carbocycles. The smallest absolute Gasteiger partial charge is 0.144 e. The van der Waals surface area contributed by atoms with Crippen molar-refractivity contribution in [1.82, 2.24) is 4.98 Å². The zero-order chi connectivity index (χ0) is 12.1. The highest BCUT2D eigenvalue weighted by Gasteiger charge is 2.05. The summed E-state index contributed by atoms with van der Waals surface area (Å²) in [5.41, 5.74) is 1.54. The van der Waals surface area contributed by atoms with E-state index in [-0.39, 0.29) is 0 Å². The molecule has 2 aromatic heterocycles. The first-order chi connectivity index (χ1) is 8.31. The van der Waals surface area contributed by atoms with Crippen LogP contribution in [0.3, 0.4) is 0 Å². The van der Waals surface area contributed by atoms with Crippen LogP contribution >= 0.6 is 0 Å². The highest BCUT2D eigenvalue weighted by atomic mass is 16.3. The van der Waals surface area contributed by atoms with Gasteiger partial charge >= 0.3 is 0 Å². The van der Waals surface area contributed by atoms with Crippen LogP contribution in [0.15, 0.2) is 35.1 Å². The van der Waals surface area contributed by atoms with E-state index in [1.54, 1.807) is 12.5 Å². The Morgan fingerprint density at radius 2 is 2.35 bits per heavy atom. The molecule has 1 N–H and O–H groups in total. The number of aromatic nitrogens is 1. The molecule has 0 unspecified atom stereocenters. The minimum atomic E-state index is 0.604. The molecule has 2 aromatic rings. The lowest BCUT2D eigenvalue weighted by Crippen LogP contribution is -2.08. The van der Waals surface area contributed by atoms with Crippen LogP contribution in [-0.2, 0) is 6.42 Å². The molecule has 4 heteroatoms. The first-order valence-corrected chi connectivity index (χ1v) is 5.43. The summed E-state index contributed by atoms with van der Waals surface area (Å²) in [6.45, 7) is 2.59. The fourth-order valence-corrected chi connectivity index (χ4v) is 1.59. The van der Waals surface area contributed by atoms with Crippen LogP contribution in [0.1, 0.15) is 16.9 Å². The Bertz CT molecular complexity index is 526. The Morgan fingerprint density at radius 3 is 3.06 bits per heavy atom. The molecule has 0 radical (unpaired) electrons. The zero-order valence-electron chi connectivity index (χ0n) is 9.60. The van der Waals surface area contributed by atoms with Crippen molar-refractivity contribution in [3.63, 3.8) is 0 Å². The number of rotatable bonds is 4. The third-order valence-corrected chi connectivity index (χ3v) is 2.52. The number of nitrogens with one attached hydrogen (secondary N) is 1. The van der Waals surface area contributed by atoms with E-state index in [0.29, 0.717) is 17.9 Å². The van der Waals surface area contributed by atoms with Gasteiger partial charge in [0.2, 0.25) is 0 Å². The Balaban J connectivity index is 2.00. The van der Waals surface area contributed by atoms with Crippen molar-refractivity contribution in [3.8, 4) is 6.07 Å². The number of hydrogen-bond acceptors (Lipinski definition) is 4. The summed E-state index contributed by atoms with van der Waals surface area (Å²) in [6, 6.07) is 7.78. The van der Waals surface area contributed by atoms with Crippen LogP contribution in [0.25, 0.3) is 0 Å². The molecule has 0 bridgehead atoms. The highest BCUT2D eigenvalue weighted by Crippen LogP contribution is 2.15. The van der Waals surface area contributed by atoms with Gasteiger partial charge in [0.1, 0.15) is 17.6 Å². The maximum Gasteiger partial charge on any atom is 0.144 e. The highest BCUT2D eigenvalue weighted by molar-refractivity contribution is 5.55. The molecule has 17 heavy (non-hydrogen) atoms. The predicted molar refractivity (Wildman–Crippen MR) is 64.6 cm³/mol. The predicted octanol–water partition coefficient (Wildman–Crippen LogP) is 2.51. The van der Waals surface area contributed by atoms with Gasteiger partial charge in [-0.2, -0.15) is 5.26 Å². The van der Waals surface area contributed by atoms with Gasteiger partial charge in [-0.15, -0.1) is 0 Å². The molecule has 0 atom stereocenters. The van der Waals surface area contributed by atoms with Crippen molar-refractivity contribution in [2.45, 2.75) is 13.3 Å². The fourth-order valence-electron chi connectivity index (χ4n) is 1.59. The molecule has 0 saturated carbocycles. The number of pyridine rings is 1. The van der Waals surface area contributed by atoms with Gasteiger partial charge < -0.3 is 9.73 Å². The molecule has 0 aliphatic rings. The van der Waals surface area contributed by atoms with E-state index in [0.717, 1.165) is 17.7 Å². The van der Waals surface area contributed by atoms with Gasteiger partial charge in [-0.1, -0.05) is 0 Å². The maximum atomic E-state index is 9.03. The molecule has 0 saturated heterocycles. The van der Waals surface area contributed by atoms with Crippen molar-refractivity contribution in [2.24, 2.45) is 0 Å². The molecule has 0 aliphatic carbocycles. The second-order valence-electron chi connectivity index (χ2n) is 3.72. The largest absolute Gasteiger partial charge is 0.469 e. The molecule has 0 aliphatic heterocycles. The minimum Gasteiger partial charge on any atom is -0.469 e. The van der Waals surface area contributed by atoms with Crippen molar-refractivity contribution >= 4 is 5.82 Å². The summed E-state index contributed by atoms with van der Waals surface area (Å²) in [5, 5.41) is 12.2. The van der Waals surface area contributed by atoms with Gasteiger partial charge in [-0.3, -0.25) is 0 Å². The quantitative estimate of drug-likeness (QED) is 0.871. The van der Waals surface area contributed by atoms with Crippen LogP contribution in [0.5, 0.6) is 0 Å². The SMILES string of the molecule is Cc1ccnc(NCCc2ccco2)c1C#N. The summed E-state index contributed by atoms with van der Waals surface area (Å²) in [7, 11) is 0. The van der Waals surface area contributed by atoms with Gasteiger partial charge in [0.05, 0.1) is 11.8 Å². The number of nitrogens with zero attached hydrogens (tertiary/aromatic N) is 2. The minimum absolute atomic E-state index is 0.604. The van der Waals surface area contributed by atoms with E-state index >= 15 is 0 Å². The lowest BCUT2D eigenvalue weighted by atomic mass is 10.1. The molecule has 2 heterocycles. The van der Waals surface area contributed by atoms with Crippen molar-refractivity contribution < 1.29 is 4.42 Å². The number of hydrogen-bond donors (Lipinski definition) is 1. The average Bonchev–Trinajstić information content (AvgIpc) is 2.82. The van der Waals surface area contributed by atoms with E-state index in [9.17, 15) is 0 Å². The van der Waals surface area contributed by atoms with E-state index < -0.39 is 0 Å². The van der Waals surface area contributed by atoms with Crippen LogP contribution in [0, 0.1) is 18.3 Å². The summed E-state index contributed by atoms with van der Waals surface area (Å²) in [4.78, 5) is 4.16. The molecule has 0 spiro atoms. The lowest BCUT2D eigenvalue weighted by Gasteiger charge is -2.07. The van der Waals surface area contributed by atoms with Gasteiger partial charge in [-0.25, -0.2) is 4.98 Å². The first kappa shape index (κ1) is 11.2. The Morgan fingerprint density at radius 1 is 1.47 bits per heavy atom. The Hall–Kier alpha value is -2.28. The summed E-state index contributed by atoms with van der Waals surface area (Å²) in [6.07, 6.45) is 4.12. The van der Waals surface area contributed by atoms with Gasteiger partial charge in [-0.05, 0) is 30.7 Å². The number of anilines is 1. The van der Waals surface area contributed by atoms with Gasteiger partial charge in [0.15, 0.2) is 0 Å². The van der Waals surface area contributed by atoms with Crippen LogP contribution in [-0.4, -0.2) is 11.5 Å². The molecular weight excluding hydrogens is 214 g/mol. The maximum absolute atomic E-state index is 9.03. The Kier molecular flexibility index (Phi) is 3.41. The topological polar surface area (TPSA) is 61.9 Å². The van der Waals surface area contributed by atoms with E-state index in [4.69, 9.17) is 9.68 Å². The summed E-state index contributed by atoms with van der Waals surface area (Å²) < 4.78 is 5.23. The molecule has 2 rings (SSSR count). The van der Waals surface area contributed by atoms with Crippen LogP contribution < -0.4 is 5.32 Å². The van der Waals surface area contributed by atoms with E-state index in [1.165, 1.54) is 0 Å². The third kappa shape index (κ3) is 2.64. The molecular formula is C13H13N3O. The number of aryl methyl sites for hydroxylation is 1. The van der Waals surface area contributed by atoms with Crippen molar-refractivity contribution in [1.29, 1.82) is 5.26 Å². The molecule has 86 valence electrons. The van der Waals surface area contributed by atoms with Gasteiger partial charge in [0.25, 0.3) is 0 Å². The van der Waals surface area contributed by atoms with Gasteiger partial charge in [0, 0.05) is 19.2 Å².